The molecule has 0 saturated carbocycles. The minimum atomic E-state index is -0.971. The van der Waals surface area contributed by atoms with Crippen LogP contribution in [-0.4, -0.2) is 28.6 Å². The highest BCUT2D eigenvalue weighted by molar-refractivity contribution is 6.16. The number of hydrogen-bond donors (Lipinski definition) is 2. The number of anilines is 2. The molecule has 24 heavy (non-hydrogen) atoms. The monoisotopic (exact) mass is 324 g/mol. The van der Waals surface area contributed by atoms with E-state index in [-0.39, 0.29) is 18.2 Å². The second-order valence-electron chi connectivity index (χ2n) is 7.07. The van der Waals surface area contributed by atoms with Crippen molar-refractivity contribution in [1.82, 2.24) is 10.2 Å². The second-order valence-corrected chi connectivity index (χ2v) is 7.07. The predicted molar refractivity (Wildman–Crippen MR) is 91.0 cm³/mol. The quantitative estimate of drug-likeness (QED) is 0.890. The second kappa shape index (κ2) is 4.93. The van der Waals surface area contributed by atoms with Crippen molar-refractivity contribution in [1.29, 1.82) is 0 Å². The molecule has 1 atom stereocenters. The van der Waals surface area contributed by atoms with Crippen LogP contribution in [0.2, 0.25) is 0 Å². The van der Waals surface area contributed by atoms with Crippen LogP contribution in [0.5, 0.6) is 0 Å². The fraction of sp³-hybridized carbons (Fsp3) is 0.389. The van der Waals surface area contributed by atoms with Gasteiger partial charge in [-0.1, -0.05) is 32.0 Å². The lowest BCUT2D eigenvalue weighted by Crippen LogP contribution is -2.47. The molecule has 0 saturated heterocycles. The summed E-state index contributed by atoms with van der Waals surface area (Å²) in [5, 5.41) is 9.66. The molecule has 0 radical (unpaired) electrons. The molecule has 124 valence electrons. The summed E-state index contributed by atoms with van der Waals surface area (Å²) in [6.45, 7) is 6.82. The van der Waals surface area contributed by atoms with E-state index in [1.165, 1.54) is 0 Å². The lowest BCUT2D eigenvalue weighted by atomic mass is 9.71. The number of nitrogens with one attached hydrogen (secondary N) is 2. The standard InChI is InChI=1S/C18H20N4O2/c1-10(2)9-22-15-11(3)5-4-6-12(15)18(17(22)24)7-14(23)20-16-13(18)8-19-21-16/h4-6,8,10H,7,9H2,1-3H3,(H2,19,20,21,23)/t18-/m0/s1. The molecule has 0 aliphatic carbocycles. The first-order valence-corrected chi connectivity index (χ1v) is 8.21. The van der Waals surface area contributed by atoms with Gasteiger partial charge in [0.25, 0.3) is 0 Å². The van der Waals surface area contributed by atoms with Crippen molar-refractivity contribution in [3.8, 4) is 0 Å². The van der Waals surface area contributed by atoms with E-state index in [2.05, 4.69) is 29.4 Å². The van der Waals surface area contributed by atoms with Crippen LogP contribution in [0.3, 0.4) is 0 Å². The first-order valence-electron chi connectivity index (χ1n) is 8.21. The predicted octanol–water partition coefficient (Wildman–Crippen LogP) is 2.35. The first kappa shape index (κ1) is 14.9. The van der Waals surface area contributed by atoms with E-state index in [0.717, 1.165) is 22.4 Å². The number of para-hydroxylation sites is 1. The van der Waals surface area contributed by atoms with Gasteiger partial charge in [0.1, 0.15) is 11.2 Å². The summed E-state index contributed by atoms with van der Waals surface area (Å²) >= 11 is 0. The average molecular weight is 324 g/mol. The van der Waals surface area contributed by atoms with Gasteiger partial charge in [0.15, 0.2) is 0 Å². The SMILES string of the molecule is Cc1cccc2c1N(CC(C)C)C(=O)[C@@]21CC(=O)Nc2[nH]ncc21. The zero-order valence-corrected chi connectivity index (χ0v) is 14.0. The molecule has 1 aromatic heterocycles. The van der Waals surface area contributed by atoms with E-state index in [4.69, 9.17) is 0 Å². The summed E-state index contributed by atoms with van der Waals surface area (Å²) in [7, 11) is 0. The molecule has 6 nitrogen and oxygen atoms in total. The van der Waals surface area contributed by atoms with Crippen LogP contribution in [0.1, 0.15) is 37.0 Å². The van der Waals surface area contributed by atoms with E-state index in [1.807, 2.05) is 30.0 Å². The number of hydrogen-bond acceptors (Lipinski definition) is 3. The molecule has 2 N–H and O–H groups in total. The van der Waals surface area contributed by atoms with E-state index < -0.39 is 5.41 Å². The maximum absolute atomic E-state index is 13.5. The zero-order chi connectivity index (χ0) is 17.1. The Labute approximate surface area is 140 Å². The Morgan fingerprint density at radius 3 is 2.83 bits per heavy atom. The number of aryl methyl sites for hydroxylation is 1. The van der Waals surface area contributed by atoms with Crippen LogP contribution in [0.15, 0.2) is 24.4 Å². The molecule has 2 aliphatic heterocycles. The smallest absolute Gasteiger partial charge is 0.242 e. The Bertz CT molecular complexity index is 854. The van der Waals surface area contributed by atoms with Gasteiger partial charge in [-0.3, -0.25) is 14.7 Å². The summed E-state index contributed by atoms with van der Waals surface area (Å²) in [6, 6.07) is 5.93. The van der Waals surface area contributed by atoms with Crippen LogP contribution in [0.25, 0.3) is 0 Å². The highest BCUT2D eigenvalue weighted by atomic mass is 16.2. The highest BCUT2D eigenvalue weighted by Gasteiger charge is 2.56. The Kier molecular flexibility index (Phi) is 3.07. The third kappa shape index (κ3) is 1.79. The van der Waals surface area contributed by atoms with Crippen molar-refractivity contribution in [2.75, 3.05) is 16.8 Å². The van der Waals surface area contributed by atoms with Gasteiger partial charge in [-0.15, -0.1) is 0 Å². The number of benzene rings is 1. The van der Waals surface area contributed by atoms with E-state index in [1.54, 1.807) is 6.20 Å². The van der Waals surface area contributed by atoms with Gasteiger partial charge >= 0.3 is 0 Å². The Morgan fingerprint density at radius 2 is 2.08 bits per heavy atom. The largest absolute Gasteiger partial charge is 0.311 e. The van der Waals surface area contributed by atoms with Crippen molar-refractivity contribution in [2.45, 2.75) is 32.6 Å². The molecule has 0 unspecified atom stereocenters. The molecule has 2 aliphatic rings. The van der Waals surface area contributed by atoms with Gasteiger partial charge in [0.05, 0.1) is 11.9 Å². The molecule has 2 amide bonds. The van der Waals surface area contributed by atoms with E-state index in [9.17, 15) is 9.59 Å². The topological polar surface area (TPSA) is 78.1 Å². The molecule has 3 heterocycles. The summed E-state index contributed by atoms with van der Waals surface area (Å²) < 4.78 is 0. The van der Waals surface area contributed by atoms with Gasteiger partial charge in [0.2, 0.25) is 11.8 Å². The number of aromatic nitrogens is 2. The molecule has 0 bridgehead atoms. The highest BCUT2D eigenvalue weighted by Crippen LogP contribution is 2.52. The maximum atomic E-state index is 13.5. The Morgan fingerprint density at radius 1 is 1.29 bits per heavy atom. The molecular formula is C18H20N4O2. The van der Waals surface area contributed by atoms with Gasteiger partial charge in [-0.2, -0.15) is 5.10 Å². The third-order valence-corrected chi connectivity index (χ3v) is 4.91. The van der Waals surface area contributed by atoms with Crippen molar-refractivity contribution in [3.05, 3.63) is 41.1 Å². The van der Waals surface area contributed by atoms with Crippen molar-refractivity contribution in [3.63, 3.8) is 0 Å². The van der Waals surface area contributed by atoms with Gasteiger partial charge in [-0.25, -0.2) is 0 Å². The number of rotatable bonds is 2. The Balaban J connectivity index is 2.01. The summed E-state index contributed by atoms with van der Waals surface area (Å²) in [5.74, 6) is 0.660. The lowest BCUT2D eigenvalue weighted by Gasteiger charge is -2.32. The summed E-state index contributed by atoms with van der Waals surface area (Å²) in [6.07, 6.45) is 1.78. The van der Waals surface area contributed by atoms with Crippen molar-refractivity contribution < 1.29 is 9.59 Å². The summed E-state index contributed by atoms with van der Waals surface area (Å²) in [4.78, 5) is 27.7. The molecule has 6 heteroatoms. The average Bonchev–Trinajstić information content (AvgIpc) is 3.06. The van der Waals surface area contributed by atoms with E-state index in [0.29, 0.717) is 18.3 Å². The molecule has 4 rings (SSSR count). The van der Waals surface area contributed by atoms with Crippen LogP contribution < -0.4 is 10.2 Å². The van der Waals surface area contributed by atoms with Crippen LogP contribution in [0, 0.1) is 12.8 Å². The number of amides is 2. The van der Waals surface area contributed by atoms with E-state index >= 15 is 0 Å². The summed E-state index contributed by atoms with van der Waals surface area (Å²) in [5.41, 5.74) is 2.68. The minimum Gasteiger partial charge on any atom is -0.311 e. The fourth-order valence-electron chi connectivity index (χ4n) is 4.00. The number of carbonyl (C=O) groups is 2. The molecular weight excluding hydrogens is 304 g/mol. The molecule has 1 spiro atoms. The Hall–Kier alpha value is -2.63. The zero-order valence-electron chi connectivity index (χ0n) is 14.0. The molecule has 1 aromatic carbocycles. The number of fused-ring (bicyclic) bond motifs is 4. The van der Waals surface area contributed by atoms with Gasteiger partial charge in [0, 0.05) is 18.5 Å². The molecule has 0 fully saturated rings. The van der Waals surface area contributed by atoms with Crippen molar-refractivity contribution >= 4 is 23.3 Å². The normalized spacial score (nSPS) is 22.1. The van der Waals surface area contributed by atoms with Gasteiger partial charge in [-0.05, 0) is 24.0 Å². The van der Waals surface area contributed by atoms with Crippen LogP contribution in [-0.2, 0) is 15.0 Å². The fourth-order valence-corrected chi connectivity index (χ4v) is 4.00. The first-order chi connectivity index (χ1) is 11.4. The number of aromatic amines is 1. The number of nitrogens with zero attached hydrogens (tertiary/aromatic N) is 2. The van der Waals surface area contributed by atoms with Crippen LogP contribution >= 0.6 is 0 Å². The molecule has 2 aromatic rings. The van der Waals surface area contributed by atoms with Gasteiger partial charge < -0.3 is 10.2 Å². The third-order valence-electron chi connectivity index (χ3n) is 4.91. The minimum absolute atomic E-state index is 0.0296. The number of H-pyrrole nitrogens is 1. The van der Waals surface area contributed by atoms with Crippen LogP contribution in [0.4, 0.5) is 11.5 Å². The lowest BCUT2D eigenvalue weighted by molar-refractivity contribution is -0.126. The maximum Gasteiger partial charge on any atom is 0.242 e. The van der Waals surface area contributed by atoms with Crippen molar-refractivity contribution in [2.24, 2.45) is 5.92 Å². The number of carbonyl (C=O) groups excluding carboxylic acids is 2.